The molecule has 0 aliphatic carbocycles. The first-order chi connectivity index (χ1) is 10.9. The molecule has 4 nitrogen and oxygen atoms in total. The van der Waals surface area contributed by atoms with Crippen LogP contribution in [-0.2, 0) is 9.47 Å². The molecule has 0 heterocycles. The van der Waals surface area contributed by atoms with Crippen LogP contribution in [0.25, 0.3) is 10.8 Å². The van der Waals surface area contributed by atoms with Crippen molar-refractivity contribution in [1.82, 2.24) is 0 Å². The number of hydrogen-bond donors (Lipinski definition) is 1. The molecule has 4 heteroatoms. The summed E-state index contributed by atoms with van der Waals surface area (Å²) in [5, 5.41) is 12.2. The van der Waals surface area contributed by atoms with Crippen molar-refractivity contribution in [3.63, 3.8) is 0 Å². The van der Waals surface area contributed by atoms with Crippen LogP contribution in [0.1, 0.15) is 49.2 Å². The normalized spacial score (nSPS) is 13.1. The first kappa shape index (κ1) is 17.4. The lowest BCUT2D eigenvalue weighted by Gasteiger charge is -2.25. The number of ether oxygens (including phenoxy) is 2. The van der Waals surface area contributed by atoms with Crippen molar-refractivity contribution in [2.45, 2.75) is 38.9 Å². The molecule has 23 heavy (non-hydrogen) atoms. The van der Waals surface area contributed by atoms with Crippen molar-refractivity contribution >= 4 is 16.7 Å². The summed E-state index contributed by atoms with van der Waals surface area (Å²) in [6.45, 7) is 6.33. The molecule has 0 saturated carbocycles. The topological polar surface area (TPSA) is 55.8 Å². The minimum Gasteiger partial charge on any atom is -0.465 e. The Morgan fingerprint density at radius 2 is 1.83 bits per heavy atom. The minimum atomic E-state index is -0.675. The van der Waals surface area contributed by atoms with E-state index in [1.165, 1.54) is 7.11 Å². The zero-order chi connectivity index (χ0) is 17.0. The van der Waals surface area contributed by atoms with E-state index in [2.05, 4.69) is 6.92 Å². The lowest BCUT2D eigenvalue weighted by atomic mass is 10.0. The van der Waals surface area contributed by atoms with Crippen LogP contribution in [0.5, 0.6) is 0 Å². The number of aliphatic hydroxyl groups is 1. The first-order valence-corrected chi connectivity index (χ1v) is 7.80. The summed E-state index contributed by atoms with van der Waals surface area (Å²) in [5.41, 5.74) is 1.07. The van der Waals surface area contributed by atoms with Gasteiger partial charge < -0.3 is 14.6 Å². The van der Waals surface area contributed by atoms with Crippen molar-refractivity contribution in [2.75, 3.05) is 13.7 Å². The smallest absolute Gasteiger partial charge is 0.337 e. The Balaban J connectivity index is 2.18. The zero-order valence-electron chi connectivity index (χ0n) is 14.1. The van der Waals surface area contributed by atoms with Gasteiger partial charge in [-0.2, -0.15) is 0 Å². The van der Waals surface area contributed by atoms with Gasteiger partial charge in [0, 0.05) is 0 Å². The molecule has 0 amide bonds. The van der Waals surface area contributed by atoms with E-state index < -0.39 is 6.10 Å². The van der Waals surface area contributed by atoms with Crippen LogP contribution in [-0.4, -0.2) is 30.4 Å². The fourth-order valence-electron chi connectivity index (χ4n) is 2.22. The van der Waals surface area contributed by atoms with E-state index in [4.69, 9.17) is 9.47 Å². The number of methoxy groups -OCH3 is 1. The summed E-state index contributed by atoms with van der Waals surface area (Å²) in [7, 11) is 1.36. The van der Waals surface area contributed by atoms with Gasteiger partial charge in [0.1, 0.15) is 6.10 Å². The van der Waals surface area contributed by atoms with E-state index in [1.54, 1.807) is 12.1 Å². The third-order valence-electron chi connectivity index (χ3n) is 4.15. The molecule has 0 saturated heterocycles. The SMILES string of the molecule is CCC(C)(C)OCC(O)c1ccc2cc(C(=O)OC)ccc2c1. The second-order valence-electron chi connectivity index (χ2n) is 6.25. The second-order valence-corrected chi connectivity index (χ2v) is 6.25. The summed E-state index contributed by atoms with van der Waals surface area (Å²) in [5.74, 6) is -0.355. The van der Waals surface area contributed by atoms with Gasteiger partial charge in [0.15, 0.2) is 0 Å². The third kappa shape index (κ3) is 4.30. The van der Waals surface area contributed by atoms with E-state index in [0.717, 1.165) is 22.8 Å². The molecule has 0 spiro atoms. The monoisotopic (exact) mass is 316 g/mol. The molecule has 0 radical (unpaired) electrons. The van der Waals surface area contributed by atoms with Gasteiger partial charge in [-0.05, 0) is 54.8 Å². The van der Waals surface area contributed by atoms with Crippen LogP contribution in [0.4, 0.5) is 0 Å². The quantitative estimate of drug-likeness (QED) is 0.822. The molecule has 1 N–H and O–H groups in total. The predicted molar refractivity (Wildman–Crippen MR) is 90.6 cm³/mol. The van der Waals surface area contributed by atoms with Crippen molar-refractivity contribution in [3.05, 3.63) is 47.5 Å². The molecule has 0 aromatic heterocycles. The fourth-order valence-corrected chi connectivity index (χ4v) is 2.22. The van der Waals surface area contributed by atoms with Gasteiger partial charge in [-0.25, -0.2) is 4.79 Å². The Labute approximate surface area is 137 Å². The number of carbonyl (C=O) groups is 1. The second kappa shape index (κ2) is 7.11. The maximum Gasteiger partial charge on any atom is 0.337 e. The van der Waals surface area contributed by atoms with E-state index in [9.17, 15) is 9.90 Å². The van der Waals surface area contributed by atoms with Crippen molar-refractivity contribution in [3.8, 4) is 0 Å². The summed E-state index contributed by atoms with van der Waals surface area (Å²) >= 11 is 0. The van der Waals surface area contributed by atoms with E-state index in [1.807, 2.05) is 38.1 Å². The van der Waals surface area contributed by atoms with Crippen LogP contribution in [0.2, 0.25) is 0 Å². The molecule has 124 valence electrons. The Kier molecular flexibility index (Phi) is 5.39. The molecule has 0 bridgehead atoms. The maximum atomic E-state index is 11.6. The summed E-state index contributed by atoms with van der Waals surface area (Å²) in [6, 6.07) is 11.0. The Morgan fingerprint density at radius 1 is 1.17 bits per heavy atom. The van der Waals surface area contributed by atoms with Crippen molar-refractivity contribution in [2.24, 2.45) is 0 Å². The number of rotatable bonds is 6. The molecule has 2 rings (SSSR count). The van der Waals surface area contributed by atoms with Crippen LogP contribution in [0.3, 0.4) is 0 Å². The van der Waals surface area contributed by atoms with Gasteiger partial charge in [0.05, 0.1) is 24.9 Å². The largest absolute Gasteiger partial charge is 0.465 e. The number of hydrogen-bond acceptors (Lipinski definition) is 4. The third-order valence-corrected chi connectivity index (χ3v) is 4.15. The fraction of sp³-hybridized carbons (Fsp3) is 0.421. The molecule has 1 unspecified atom stereocenters. The Hall–Kier alpha value is -1.91. The van der Waals surface area contributed by atoms with E-state index in [-0.39, 0.29) is 18.2 Å². The van der Waals surface area contributed by atoms with E-state index >= 15 is 0 Å². The zero-order valence-corrected chi connectivity index (χ0v) is 14.1. The maximum absolute atomic E-state index is 11.6. The molecule has 2 aromatic carbocycles. The highest BCUT2D eigenvalue weighted by Crippen LogP contribution is 2.24. The standard InChI is InChI=1S/C19H24O4/c1-5-19(2,3)23-12-17(20)15-8-6-14-11-16(18(21)22-4)9-7-13(14)10-15/h6-11,17,20H,5,12H2,1-4H3. The van der Waals surface area contributed by atoms with Crippen molar-refractivity contribution < 1.29 is 19.4 Å². The van der Waals surface area contributed by atoms with E-state index in [0.29, 0.717) is 5.56 Å². The molecular formula is C19H24O4. The van der Waals surface area contributed by atoms with Crippen LogP contribution in [0.15, 0.2) is 36.4 Å². The van der Waals surface area contributed by atoms with Gasteiger partial charge in [-0.1, -0.05) is 25.1 Å². The number of aliphatic hydroxyl groups excluding tert-OH is 1. The van der Waals surface area contributed by atoms with Gasteiger partial charge in [0.25, 0.3) is 0 Å². The molecule has 1 atom stereocenters. The Morgan fingerprint density at radius 3 is 2.48 bits per heavy atom. The van der Waals surface area contributed by atoms with Gasteiger partial charge in [-0.3, -0.25) is 0 Å². The van der Waals surface area contributed by atoms with Gasteiger partial charge in [-0.15, -0.1) is 0 Å². The van der Waals surface area contributed by atoms with Crippen LogP contribution >= 0.6 is 0 Å². The number of fused-ring (bicyclic) bond motifs is 1. The lowest BCUT2D eigenvalue weighted by molar-refractivity contribution is -0.0618. The van der Waals surface area contributed by atoms with Gasteiger partial charge in [0.2, 0.25) is 0 Å². The number of esters is 1. The molecule has 0 aliphatic rings. The summed E-state index contributed by atoms with van der Waals surface area (Å²) < 4.78 is 10.5. The highest BCUT2D eigenvalue weighted by atomic mass is 16.5. The van der Waals surface area contributed by atoms with Gasteiger partial charge >= 0.3 is 5.97 Å². The number of benzene rings is 2. The van der Waals surface area contributed by atoms with Crippen LogP contribution < -0.4 is 0 Å². The van der Waals surface area contributed by atoms with Crippen molar-refractivity contribution in [1.29, 1.82) is 0 Å². The minimum absolute atomic E-state index is 0.243. The molecule has 2 aromatic rings. The molecular weight excluding hydrogens is 292 g/mol. The summed E-state index contributed by atoms with van der Waals surface area (Å²) in [6.07, 6.45) is 0.207. The average molecular weight is 316 g/mol. The Bertz CT molecular complexity index is 691. The highest BCUT2D eigenvalue weighted by molar-refractivity contribution is 5.95. The summed E-state index contributed by atoms with van der Waals surface area (Å²) in [4.78, 5) is 11.6. The predicted octanol–water partition coefficient (Wildman–Crippen LogP) is 3.87. The molecule has 0 fully saturated rings. The highest BCUT2D eigenvalue weighted by Gasteiger charge is 2.18. The molecule has 0 aliphatic heterocycles. The van der Waals surface area contributed by atoms with Crippen LogP contribution in [0, 0.1) is 0 Å². The lowest BCUT2D eigenvalue weighted by Crippen LogP contribution is -2.25. The average Bonchev–Trinajstić information content (AvgIpc) is 2.58. The number of carbonyl (C=O) groups excluding carboxylic acids is 1. The first-order valence-electron chi connectivity index (χ1n) is 7.80.